The van der Waals surface area contributed by atoms with Crippen LogP contribution in [0.1, 0.15) is 51.8 Å². The Labute approximate surface area is 235 Å². The molecule has 0 aliphatic heterocycles. The molecule has 2 N–H and O–H groups in total. The van der Waals surface area contributed by atoms with Crippen molar-refractivity contribution in [3.05, 3.63) is 77.9 Å². The maximum absolute atomic E-state index is 14.0. The van der Waals surface area contributed by atoms with Crippen molar-refractivity contribution in [3.63, 3.8) is 0 Å². The van der Waals surface area contributed by atoms with Gasteiger partial charge in [0.2, 0.25) is 5.91 Å². The topological polar surface area (TPSA) is 112 Å². The van der Waals surface area contributed by atoms with Gasteiger partial charge in [-0.05, 0) is 61.2 Å². The number of nitrogens with one attached hydrogen (secondary N) is 2. The Bertz CT molecular complexity index is 1480. The lowest BCUT2D eigenvalue weighted by Crippen LogP contribution is -2.54. The van der Waals surface area contributed by atoms with Crippen molar-refractivity contribution in [1.82, 2.24) is 10.2 Å². The van der Waals surface area contributed by atoms with Crippen molar-refractivity contribution >= 4 is 34.4 Å². The van der Waals surface area contributed by atoms with Crippen LogP contribution < -0.4 is 10.6 Å². The fourth-order valence-corrected chi connectivity index (χ4v) is 4.29. The zero-order valence-electron chi connectivity index (χ0n) is 23.4. The average molecular weight is 539 g/mol. The minimum absolute atomic E-state index is 0.381. The van der Waals surface area contributed by atoms with E-state index >= 15 is 0 Å². The van der Waals surface area contributed by atoms with E-state index in [9.17, 15) is 19.6 Å². The first-order chi connectivity index (χ1) is 18.9. The number of hydrogen-bond acceptors (Lipinski definition) is 5. The number of fused-ring (bicyclic) bond motifs is 1. The molecule has 0 aromatic heterocycles. The summed E-state index contributed by atoms with van der Waals surface area (Å²) >= 11 is 0. The Morgan fingerprint density at radius 3 is 2.27 bits per heavy atom. The van der Waals surface area contributed by atoms with Crippen molar-refractivity contribution in [2.24, 2.45) is 5.92 Å². The SMILES string of the molecule is C#Cc1ccccc1C(C(=O)Nc1ccc2ccccc2c1)N(CC#N)C(=O)C(NC(=O)OC(C)(C)C)C(C)C. The lowest BCUT2D eigenvalue weighted by Gasteiger charge is -2.34. The zero-order valence-corrected chi connectivity index (χ0v) is 23.4. The number of anilines is 1. The maximum atomic E-state index is 14.0. The molecule has 2 unspecified atom stereocenters. The molecule has 40 heavy (non-hydrogen) atoms. The lowest BCUT2D eigenvalue weighted by atomic mass is 9.95. The molecule has 3 amide bonds. The molecule has 3 aromatic rings. The van der Waals surface area contributed by atoms with Gasteiger partial charge in [0.15, 0.2) is 0 Å². The van der Waals surface area contributed by atoms with Crippen LogP contribution in [0, 0.1) is 29.6 Å². The quantitative estimate of drug-likeness (QED) is 0.295. The van der Waals surface area contributed by atoms with E-state index in [0.29, 0.717) is 16.8 Å². The average Bonchev–Trinajstić information content (AvgIpc) is 2.90. The monoisotopic (exact) mass is 538 g/mol. The highest BCUT2D eigenvalue weighted by molar-refractivity contribution is 6.00. The molecular formula is C32H34N4O4. The van der Waals surface area contributed by atoms with Gasteiger partial charge in [-0.2, -0.15) is 5.26 Å². The van der Waals surface area contributed by atoms with Gasteiger partial charge in [0.05, 0.1) is 6.07 Å². The van der Waals surface area contributed by atoms with Crippen molar-refractivity contribution in [1.29, 1.82) is 5.26 Å². The Balaban J connectivity index is 2.05. The zero-order chi connectivity index (χ0) is 29.4. The number of nitrogens with zero attached hydrogens (tertiary/aromatic N) is 2. The van der Waals surface area contributed by atoms with Crippen LogP contribution in [0.5, 0.6) is 0 Å². The smallest absolute Gasteiger partial charge is 0.408 e. The second kappa shape index (κ2) is 12.8. The first-order valence-electron chi connectivity index (χ1n) is 13.0. The van der Waals surface area contributed by atoms with Crippen LogP contribution in [0.3, 0.4) is 0 Å². The number of carbonyl (C=O) groups is 3. The van der Waals surface area contributed by atoms with Crippen LogP contribution in [0.4, 0.5) is 10.5 Å². The minimum Gasteiger partial charge on any atom is -0.444 e. The summed E-state index contributed by atoms with van der Waals surface area (Å²) in [6.07, 6.45) is 4.98. The van der Waals surface area contributed by atoms with Gasteiger partial charge in [0, 0.05) is 11.3 Å². The van der Waals surface area contributed by atoms with Gasteiger partial charge in [0.1, 0.15) is 24.2 Å². The van der Waals surface area contributed by atoms with Crippen molar-refractivity contribution < 1.29 is 19.1 Å². The first kappa shape index (κ1) is 29.7. The van der Waals surface area contributed by atoms with Crippen LogP contribution >= 0.6 is 0 Å². The predicted molar refractivity (Wildman–Crippen MR) is 155 cm³/mol. The summed E-state index contributed by atoms with van der Waals surface area (Å²) in [4.78, 5) is 41.7. The van der Waals surface area contributed by atoms with Crippen LogP contribution in [0.2, 0.25) is 0 Å². The maximum Gasteiger partial charge on any atom is 0.408 e. The highest BCUT2D eigenvalue weighted by atomic mass is 16.6. The van der Waals surface area contributed by atoms with E-state index < -0.39 is 42.1 Å². The van der Waals surface area contributed by atoms with Crippen molar-refractivity contribution in [2.45, 2.75) is 52.3 Å². The van der Waals surface area contributed by atoms with Crippen LogP contribution in [0.15, 0.2) is 66.7 Å². The summed E-state index contributed by atoms with van der Waals surface area (Å²) in [5.41, 5.74) is 0.517. The molecule has 206 valence electrons. The first-order valence-corrected chi connectivity index (χ1v) is 13.0. The second-order valence-corrected chi connectivity index (χ2v) is 10.7. The molecule has 0 saturated carbocycles. The van der Waals surface area contributed by atoms with E-state index in [4.69, 9.17) is 11.2 Å². The molecule has 3 rings (SSSR count). The lowest BCUT2D eigenvalue weighted by molar-refractivity contribution is -0.140. The van der Waals surface area contributed by atoms with Gasteiger partial charge in [-0.15, -0.1) is 6.42 Å². The third-order valence-corrected chi connectivity index (χ3v) is 6.12. The normalized spacial score (nSPS) is 12.5. The fourth-order valence-electron chi connectivity index (χ4n) is 4.29. The Hall–Kier alpha value is -4.82. The number of alkyl carbamates (subject to hydrolysis) is 1. The molecule has 8 heteroatoms. The molecule has 0 saturated heterocycles. The van der Waals surface area contributed by atoms with Crippen LogP contribution in [-0.4, -0.2) is 41.0 Å². The summed E-state index contributed by atoms with van der Waals surface area (Å²) in [6.45, 7) is 8.22. The summed E-state index contributed by atoms with van der Waals surface area (Å²) in [7, 11) is 0. The number of benzene rings is 3. The van der Waals surface area contributed by atoms with E-state index in [1.165, 1.54) is 0 Å². The highest BCUT2D eigenvalue weighted by Gasteiger charge is 2.38. The summed E-state index contributed by atoms with van der Waals surface area (Å²) in [6, 6.07) is 19.6. The molecule has 2 atom stereocenters. The number of carbonyl (C=O) groups excluding carboxylic acids is 3. The Kier molecular flexibility index (Phi) is 9.53. The molecule has 8 nitrogen and oxygen atoms in total. The fraction of sp³-hybridized carbons (Fsp3) is 0.312. The highest BCUT2D eigenvalue weighted by Crippen LogP contribution is 2.28. The Morgan fingerprint density at radius 2 is 1.65 bits per heavy atom. The van der Waals surface area contributed by atoms with E-state index in [1.807, 2.05) is 42.5 Å². The number of rotatable bonds is 8. The molecule has 0 bridgehead atoms. The molecule has 0 aliphatic rings. The second-order valence-electron chi connectivity index (χ2n) is 10.7. The van der Waals surface area contributed by atoms with Gasteiger partial charge in [-0.25, -0.2) is 4.79 Å². The van der Waals surface area contributed by atoms with Crippen molar-refractivity contribution in [2.75, 3.05) is 11.9 Å². The molecule has 0 fully saturated rings. The number of nitriles is 1. The van der Waals surface area contributed by atoms with Gasteiger partial charge in [-0.3, -0.25) is 9.59 Å². The largest absolute Gasteiger partial charge is 0.444 e. The van der Waals surface area contributed by atoms with Gasteiger partial charge in [-0.1, -0.05) is 68.3 Å². The summed E-state index contributed by atoms with van der Waals surface area (Å²) in [5, 5.41) is 17.2. The van der Waals surface area contributed by atoms with E-state index in [2.05, 4.69) is 16.6 Å². The van der Waals surface area contributed by atoms with E-state index in [0.717, 1.165) is 15.7 Å². The number of ether oxygens (including phenoxy) is 1. The molecule has 3 aromatic carbocycles. The molecule has 0 spiro atoms. The van der Waals surface area contributed by atoms with Crippen molar-refractivity contribution in [3.8, 4) is 18.4 Å². The molecule has 0 radical (unpaired) electrons. The summed E-state index contributed by atoms with van der Waals surface area (Å²) < 4.78 is 5.36. The van der Waals surface area contributed by atoms with Gasteiger partial charge < -0.3 is 20.3 Å². The number of amides is 3. The van der Waals surface area contributed by atoms with E-state index in [1.54, 1.807) is 65.0 Å². The third-order valence-electron chi connectivity index (χ3n) is 6.12. The number of terminal acetylenes is 1. The molecule has 0 heterocycles. The van der Waals surface area contributed by atoms with Crippen LogP contribution in [0.25, 0.3) is 10.8 Å². The standard InChI is InChI=1S/C32H34N4O4/c1-7-22-12-10-11-15-26(22)28(29(37)34-25-17-16-23-13-8-9-14-24(23)20-25)36(19-18-33)30(38)27(21(2)3)35-31(39)40-32(4,5)6/h1,8-17,20-21,27-28H,19H2,2-6H3,(H,34,37)(H,35,39). The van der Waals surface area contributed by atoms with E-state index in [-0.39, 0.29) is 5.92 Å². The number of hydrogen-bond donors (Lipinski definition) is 2. The summed E-state index contributed by atoms with van der Waals surface area (Å²) in [5.74, 6) is 1.02. The minimum atomic E-state index is -1.26. The predicted octanol–water partition coefficient (Wildman–Crippen LogP) is 5.40. The molecule has 0 aliphatic carbocycles. The van der Waals surface area contributed by atoms with Crippen LogP contribution in [-0.2, 0) is 14.3 Å². The van der Waals surface area contributed by atoms with Gasteiger partial charge in [0.25, 0.3) is 5.91 Å². The third kappa shape index (κ3) is 7.39. The Morgan fingerprint density at radius 1 is 1.00 bits per heavy atom. The van der Waals surface area contributed by atoms with Gasteiger partial charge >= 0.3 is 6.09 Å². The molecular weight excluding hydrogens is 504 g/mol.